The summed E-state index contributed by atoms with van der Waals surface area (Å²) < 4.78 is 5.57. The summed E-state index contributed by atoms with van der Waals surface area (Å²) in [6, 6.07) is 12.9. The molecule has 0 spiro atoms. The third-order valence-corrected chi connectivity index (χ3v) is 3.88. The number of hydrogen-bond acceptors (Lipinski definition) is 3. The van der Waals surface area contributed by atoms with Gasteiger partial charge in [-0.2, -0.15) is 0 Å². The average molecular weight is 354 g/mol. The van der Waals surface area contributed by atoms with Crippen LogP contribution in [0, 0.1) is 6.92 Å². The van der Waals surface area contributed by atoms with E-state index in [0.29, 0.717) is 23.7 Å². The molecule has 5 nitrogen and oxygen atoms in total. The summed E-state index contributed by atoms with van der Waals surface area (Å²) in [5.41, 5.74) is 3.02. The Hall–Kier alpha value is -2.82. The minimum absolute atomic E-state index is 0.0892. The molecule has 0 radical (unpaired) electrons. The molecular formula is C21H26N2O3. The van der Waals surface area contributed by atoms with Crippen LogP contribution in [0.4, 0.5) is 11.4 Å². The predicted molar refractivity (Wildman–Crippen MR) is 105 cm³/mol. The molecule has 0 saturated heterocycles. The largest absolute Gasteiger partial charge is 0.492 e. The van der Waals surface area contributed by atoms with Gasteiger partial charge in [0.2, 0.25) is 0 Å². The Morgan fingerprint density at radius 1 is 1.00 bits per heavy atom. The van der Waals surface area contributed by atoms with Gasteiger partial charge in [-0.1, -0.05) is 39.0 Å². The molecule has 26 heavy (non-hydrogen) atoms. The first-order valence-electron chi connectivity index (χ1n) is 8.67. The molecule has 2 aromatic rings. The molecule has 0 fully saturated rings. The topological polar surface area (TPSA) is 67.4 Å². The lowest BCUT2D eigenvalue weighted by Crippen LogP contribution is -2.29. The van der Waals surface area contributed by atoms with Gasteiger partial charge >= 0.3 is 11.8 Å². The predicted octanol–water partition coefficient (Wildman–Crippen LogP) is 4.27. The van der Waals surface area contributed by atoms with Gasteiger partial charge < -0.3 is 15.4 Å². The van der Waals surface area contributed by atoms with Crippen LogP contribution in [0.2, 0.25) is 0 Å². The molecule has 0 unspecified atom stereocenters. The molecule has 0 aliphatic carbocycles. The van der Waals surface area contributed by atoms with Crippen molar-refractivity contribution in [2.24, 2.45) is 0 Å². The molecule has 2 N–H and O–H groups in total. The van der Waals surface area contributed by atoms with Crippen LogP contribution in [-0.4, -0.2) is 18.4 Å². The maximum Gasteiger partial charge on any atom is 0.314 e. The van der Waals surface area contributed by atoms with E-state index in [1.807, 2.05) is 44.2 Å². The zero-order valence-electron chi connectivity index (χ0n) is 16.0. The van der Waals surface area contributed by atoms with Crippen LogP contribution in [0.3, 0.4) is 0 Å². The fourth-order valence-electron chi connectivity index (χ4n) is 2.47. The molecule has 2 rings (SSSR count). The average Bonchev–Trinajstić information content (AvgIpc) is 2.55. The Morgan fingerprint density at radius 3 is 2.31 bits per heavy atom. The van der Waals surface area contributed by atoms with Crippen molar-refractivity contribution in [1.29, 1.82) is 0 Å². The third-order valence-electron chi connectivity index (χ3n) is 3.88. The lowest BCUT2D eigenvalue weighted by molar-refractivity contribution is -0.133. The number of hydrogen-bond donors (Lipinski definition) is 2. The van der Waals surface area contributed by atoms with Crippen LogP contribution in [0.25, 0.3) is 0 Å². The van der Waals surface area contributed by atoms with Crippen molar-refractivity contribution in [3.8, 4) is 5.75 Å². The summed E-state index contributed by atoms with van der Waals surface area (Å²) in [7, 11) is 0. The summed E-state index contributed by atoms with van der Waals surface area (Å²) >= 11 is 0. The van der Waals surface area contributed by atoms with Crippen molar-refractivity contribution in [1.82, 2.24) is 0 Å². The van der Waals surface area contributed by atoms with Crippen LogP contribution >= 0.6 is 0 Å². The number of nitrogens with one attached hydrogen (secondary N) is 2. The van der Waals surface area contributed by atoms with Gasteiger partial charge in [-0.05, 0) is 54.7 Å². The zero-order valence-corrected chi connectivity index (χ0v) is 16.0. The van der Waals surface area contributed by atoms with Crippen molar-refractivity contribution < 1.29 is 14.3 Å². The highest BCUT2D eigenvalue weighted by Crippen LogP contribution is 2.31. The van der Waals surface area contributed by atoms with Gasteiger partial charge in [-0.15, -0.1) is 0 Å². The van der Waals surface area contributed by atoms with E-state index < -0.39 is 11.8 Å². The zero-order chi connectivity index (χ0) is 19.3. The minimum atomic E-state index is -0.737. The van der Waals surface area contributed by atoms with Crippen molar-refractivity contribution >= 4 is 23.2 Å². The highest BCUT2D eigenvalue weighted by Gasteiger charge is 2.20. The molecular weight excluding hydrogens is 328 g/mol. The number of rotatable bonds is 4. The van der Waals surface area contributed by atoms with E-state index in [1.165, 1.54) is 0 Å². The number of ether oxygens (including phenoxy) is 1. The van der Waals surface area contributed by atoms with E-state index >= 15 is 0 Å². The normalized spacial score (nSPS) is 11.0. The summed E-state index contributed by atoms with van der Waals surface area (Å²) in [5, 5.41) is 5.27. The number of anilines is 2. The van der Waals surface area contributed by atoms with Crippen LogP contribution in [0.5, 0.6) is 5.75 Å². The Morgan fingerprint density at radius 2 is 1.69 bits per heavy atom. The number of amides is 2. The first kappa shape index (κ1) is 19.5. The fraction of sp³-hybridized carbons (Fsp3) is 0.333. The van der Waals surface area contributed by atoms with Gasteiger partial charge in [-0.3, -0.25) is 9.59 Å². The van der Waals surface area contributed by atoms with Crippen molar-refractivity contribution in [2.75, 3.05) is 17.2 Å². The van der Waals surface area contributed by atoms with Crippen molar-refractivity contribution in [3.63, 3.8) is 0 Å². The minimum Gasteiger partial charge on any atom is -0.492 e. The molecule has 0 atom stereocenters. The van der Waals surface area contributed by atoms with Gasteiger partial charge in [0.05, 0.1) is 12.3 Å². The maximum absolute atomic E-state index is 12.3. The lowest BCUT2D eigenvalue weighted by atomic mass is 9.87. The van der Waals surface area contributed by atoms with Crippen molar-refractivity contribution in [2.45, 2.75) is 40.0 Å². The standard InChI is InChI=1S/C21H26N2O3/c1-6-26-18-11-10-15(21(3,4)5)13-17(18)23-20(25)19(24)22-16-9-7-8-14(2)12-16/h7-13H,6H2,1-5H3,(H,22,24)(H,23,25). The maximum atomic E-state index is 12.3. The van der Waals surface area contributed by atoms with Gasteiger partial charge in [0.25, 0.3) is 0 Å². The molecule has 0 aliphatic rings. The molecule has 0 heterocycles. The van der Waals surface area contributed by atoms with Crippen LogP contribution in [0.1, 0.15) is 38.8 Å². The molecule has 0 aliphatic heterocycles. The first-order valence-corrected chi connectivity index (χ1v) is 8.67. The highest BCUT2D eigenvalue weighted by molar-refractivity contribution is 6.43. The van der Waals surface area contributed by atoms with Gasteiger partial charge in [0.1, 0.15) is 5.75 Å². The van der Waals surface area contributed by atoms with Crippen LogP contribution < -0.4 is 15.4 Å². The summed E-state index contributed by atoms with van der Waals surface area (Å²) in [6.45, 7) is 10.5. The number of carbonyl (C=O) groups excluding carboxylic acids is 2. The van der Waals surface area contributed by atoms with Gasteiger partial charge in [0, 0.05) is 5.69 Å². The first-order chi connectivity index (χ1) is 12.2. The summed E-state index contributed by atoms with van der Waals surface area (Å²) in [5.74, 6) is -0.921. The summed E-state index contributed by atoms with van der Waals surface area (Å²) in [6.07, 6.45) is 0. The quantitative estimate of drug-likeness (QED) is 0.806. The molecule has 5 heteroatoms. The lowest BCUT2D eigenvalue weighted by Gasteiger charge is -2.21. The van der Waals surface area contributed by atoms with E-state index in [1.54, 1.807) is 12.1 Å². The van der Waals surface area contributed by atoms with E-state index in [0.717, 1.165) is 11.1 Å². The van der Waals surface area contributed by atoms with E-state index in [2.05, 4.69) is 31.4 Å². The SMILES string of the molecule is CCOc1ccc(C(C)(C)C)cc1NC(=O)C(=O)Nc1cccc(C)c1. The third kappa shape index (κ3) is 5.09. The molecule has 138 valence electrons. The Labute approximate surface area is 154 Å². The second kappa shape index (κ2) is 8.04. The Bertz CT molecular complexity index is 807. The monoisotopic (exact) mass is 354 g/mol. The smallest absolute Gasteiger partial charge is 0.314 e. The molecule has 0 aromatic heterocycles. The fourth-order valence-corrected chi connectivity index (χ4v) is 2.47. The second-order valence-electron chi connectivity index (χ2n) is 7.17. The van der Waals surface area contributed by atoms with Crippen LogP contribution in [0.15, 0.2) is 42.5 Å². The Kier molecular flexibility index (Phi) is 6.03. The van der Waals surface area contributed by atoms with E-state index in [4.69, 9.17) is 4.74 Å². The Balaban J connectivity index is 2.19. The number of benzene rings is 2. The molecule has 0 saturated carbocycles. The van der Waals surface area contributed by atoms with E-state index in [9.17, 15) is 9.59 Å². The van der Waals surface area contributed by atoms with Crippen molar-refractivity contribution in [3.05, 3.63) is 53.6 Å². The second-order valence-corrected chi connectivity index (χ2v) is 7.17. The van der Waals surface area contributed by atoms with E-state index in [-0.39, 0.29) is 5.41 Å². The van der Waals surface area contributed by atoms with Crippen LogP contribution in [-0.2, 0) is 15.0 Å². The molecule has 0 bridgehead atoms. The molecule has 2 aromatic carbocycles. The van der Waals surface area contributed by atoms with Gasteiger partial charge in [-0.25, -0.2) is 0 Å². The van der Waals surface area contributed by atoms with Gasteiger partial charge in [0.15, 0.2) is 0 Å². The number of carbonyl (C=O) groups is 2. The highest BCUT2D eigenvalue weighted by atomic mass is 16.5. The number of aryl methyl sites for hydroxylation is 1. The molecule has 2 amide bonds. The summed E-state index contributed by atoms with van der Waals surface area (Å²) in [4.78, 5) is 24.6.